The number of hydrogen-bond donors (Lipinski definition) is 2. The van der Waals surface area contributed by atoms with Crippen LogP contribution < -0.4 is 14.3 Å². The molecule has 0 bridgehead atoms. The van der Waals surface area contributed by atoms with Gasteiger partial charge >= 0.3 is 0 Å². The van der Waals surface area contributed by atoms with Gasteiger partial charge in [-0.15, -0.1) is 0 Å². The van der Waals surface area contributed by atoms with Gasteiger partial charge in [-0.25, -0.2) is 16.8 Å². The summed E-state index contributed by atoms with van der Waals surface area (Å²) < 4.78 is 53.3. The third-order valence-corrected chi connectivity index (χ3v) is 7.81. The summed E-state index contributed by atoms with van der Waals surface area (Å²) >= 11 is 5.97. The maximum atomic E-state index is 12.6. The molecule has 0 radical (unpaired) electrons. The molecule has 0 spiro atoms. The maximum Gasteiger partial charge on any atom is 0.261 e. The molecule has 0 saturated carbocycles. The van der Waals surface area contributed by atoms with Gasteiger partial charge in [0.15, 0.2) is 0 Å². The Hall–Kier alpha value is -3.08. The Balaban J connectivity index is 1.57. The molecule has 0 aromatic heterocycles. The summed E-state index contributed by atoms with van der Waals surface area (Å²) in [6, 6.07) is 19.3. The highest BCUT2D eigenvalue weighted by Crippen LogP contribution is 2.23. The second kappa shape index (κ2) is 11.1. The number of aryl methyl sites for hydroxylation is 1. The molecule has 186 valence electrons. The topological polar surface area (TPSA) is 113 Å². The second-order valence-corrected chi connectivity index (χ2v) is 12.0. The van der Waals surface area contributed by atoms with Crippen molar-refractivity contribution in [3.8, 4) is 0 Å². The van der Waals surface area contributed by atoms with Crippen molar-refractivity contribution in [3.63, 3.8) is 0 Å². The quantitative estimate of drug-likeness (QED) is 0.393. The van der Waals surface area contributed by atoms with Crippen LogP contribution in [0.25, 0.3) is 0 Å². The Morgan fingerprint density at radius 1 is 0.914 bits per heavy atom. The van der Waals surface area contributed by atoms with Gasteiger partial charge in [0.2, 0.25) is 15.9 Å². The fourth-order valence-corrected chi connectivity index (χ4v) is 5.56. The van der Waals surface area contributed by atoms with E-state index in [1.54, 1.807) is 42.5 Å². The molecule has 0 atom stereocenters. The van der Waals surface area contributed by atoms with Crippen LogP contribution in [0.3, 0.4) is 0 Å². The monoisotopic (exact) mass is 535 g/mol. The highest BCUT2D eigenvalue weighted by molar-refractivity contribution is 7.92. The van der Waals surface area contributed by atoms with E-state index >= 15 is 0 Å². The lowest BCUT2D eigenvalue weighted by Crippen LogP contribution is -2.31. The molecule has 0 unspecified atom stereocenters. The van der Waals surface area contributed by atoms with Crippen molar-refractivity contribution in [1.29, 1.82) is 0 Å². The SMILES string of the molecule is Cc1cccc(NS(=O)(=O)c2ccc(NC(=O)CCCN(c3cccc(Cl)c3)S(C)(=O)=O)cc2)c1. The molecule has 0 fully saturated rings. The van der Waals surface area contributed by atoms with E-state index in [0.29, 0.717) is 22.1 Å². The zero-order chi connectivity index (χ0) is 25.6. The van der Waals surface area contributed by atoms with E-state index < -0.39 is 20.0 Å². The average molecular weight is 536 g/mol. The van der Waals surface area contributed by atoms with Gasteiger partial charge in [-0.05, 0) is 73.5 Å². The van der Waals surface area contributed by atoms with E-state index in [4.69, 9.17) is 11.6 Å². The minimum absolute atomic E-state index is 0.0577. The second-order valence-electron chi connectivity index (χ2n) is 7.97. The Morgan fingerprint density at radius 2 is 1.60 bits per heavy atom. The lowest BCUT2D eigenvalue weighted by Gasteiger charge is -2.22. The Kier molecular flexibility index (Phi) is 8.42. The predicted octanol–water partition coefficient (Wildman–Crippen LogP) is 4.63. The smallest absolute Gasteiger partial charge is 0.261 e. The van der Waals surface area contributed by atoms with Crippen molar-refractivity contribution >= 4 is 54.6 Å². The molecule has 0 saturated heterocycles. The maximum absolute atomic E-state index is 12.6. The normalized spacial score (nSPS) is 11.6. The zero-order valence-electron chi connectivity index (χ0n) is 19.2. The number of nitrogens with zero attached hydrogens (tertiary/aromatic N) is 1. The van der Waals surface area contributed by atoms with Crippen molar-refractivity contribution in [2.75, 3.05) is 27.1 Å². The Bertz CT molecular complexity index is 1410. The highest BCUT2D eigenvalue weighted by Gasteiger charge is 2.18. The number of anilines is 3. The number of carbonyl (C=O) groups excluding carboxylic acids is 1. The highest BCUT2D eigenvalue weighted by atomic mass is 35.5. The van der Waals surface area contributed by atoms with E-state index in [0.717, 1.165) is 11.8 Å². The number of halogens is 1. The molecule has 0 aliphatic carbocycles. The van der Waals surface area contributed by atoms with Gasteiger partial charge in [-0.2, -0.15) is 0 Å². The van der Waals surface area contributed by atoms with Crippen LogP contribution in [0.2, 0.25) is 5.02 Å². The van der Waals surface area contributed by atoms with Crippen LogP contribution in [0.4, 0.5) is 17.1 Å². The first-order valence-corrected chi connectivity index (χ1v) is 14.4. The summed E-state index contributed by atoms with van der Waals surface area (Å²) in [4.78, 5) is 12.4. The van der Waals surface area contributed by atoms with Gasteiger partial charge in [0, 0.05) is 29.4 Å². The molecule has 0 aliphatic heterocycles. The third kappa shape index (κ3) is 7.71. The molecule has 2 N–H and O–H groups in total. The summed E-state index contributed by atoms with van der Waals surface area (Å²) in [5, 5.41) is 3.11. The molecular formula is C24H26ClN3O5S2. The van der Waals surface area contributed by atoms with Gasteiger partial charge in [-0.1, -0.05) is 29.8 Å². The number of carbonyl (C=O) groups is 1. The number of nitrogens with one attached hydrogen (secondary N) is 2. The van der Waals surface area contributed by atoms with Crippen molar-refractivity contribution in [2.45, 2.75) is 24.7 Å². The van der Waals surface area contributed by atoms with Crippen LogP contribution >= 0.6 is 11.6 Å². The van der Waals surface area contributed by atoms with E-state index in [1.165, 1.54) is 28.6 Å². The van der Waals surface area contributed by atoms with Gasteiger partial charge in [0.05, 0.1) is 16.8 Å². The minimum atomic E-state index is -3.78. The van der Waals surface area contributed by atoms with Gasteiger partial charge in [-0.3, -0.25) is 13.8 Å². The number of sulfonamides is 2. The van der Waals surface area contributed by atoms with Crippen LogP contribution in [-0.2, 0) is 24.8 Å². The van der Waals surface area contributed by atoms with Gasteiger partial charge < -0.3 is 5.32 Å². The van der Waals surface area contributed by atoms with E-state index in [2.05, 4.69) is 10.0 Å². The van der Waals surface area contributed by atoms with E-state index in [1.807, 2.05) is 13.0 Å². The molecule has 35 heavy (non-hydrogen) atoms. The van der Waals surface area contributed by atoms with Crippen molar-refractivity contribution in [2.24, 2.45) is 0 Å². The van der Waals surface area contributed by atoms with Crippen LogP contribution in [-0.4, -0.2) is 35.5 Å². The van der Waals surface area contributed by atoms with Crippen molar-refractivity contribution < 1.29 is 21.6 Å². The molecule has 3 aromatic rings. The lowest BCUT2D eigenvalue weighted by molar-refractivity contribution is -0.116. The molecule has 3 aromatic carbocycles. The lowest BCUT2D eigenvalue weighted by atomic mass is 10.2. The first-order chi connectivity index (χ1) is 16.4. The van der Waals surface area contributed by atoms with Gasteiger partial charge in [0.1, 0.15) is 0 Å². The molecule has 3 rings (SSSR count). The first kappa shape index (κ1) is 26.5. The average Bonchev–Trinajstić information content (AvgIpc) is 2.76. The van der Waals surface area contributed by atoms with Crippen molar-refractivity contribution in [1.82, 2.24) is 0 Å². The predicted molar refractivity (Wildman–Crippen MR) is 140 cm³/mol. The molecule has 8 nitrogen and oxygen atoms in total. The fraction of sp³-hybridized carbons (Fsp3) is 0.208. The number of rotatable bonds is 10. The number of benzene rings is 3. The molecule has 1 amide bonds. The summed E-state index contributed by atoms with van der Waals surface area (Å²) in [6.45, 7) is 1.97. The van der Waals surface area contributed by atoms with Crippen LogP contribution in [0, 0.1) is 6.92 Å². The molecule has 0 aliphatic rings. The standard InChI is InChI=1S/C24H26ClN3O5S2/c1-18-6-3-8-21(16-18)27-35(32,33)23-13-11-20(12-14-23)26-24(29)10-5-15-28(34(2,30)31)22-9-4-7-19(25)17-22/h3-4,6-9,11-14,16-17,27H,5,10,15H2,1-2H3,(H,26,29). The van der Waals surface area contributed by atoms with Gasteiger partial charge in [0.25, 0.3) is 10.0 Å². The first-order valence-electron chi connectivity index (χ1n) is 10.7. The molecular weight excluding hydrogens is 510 g/mol. The fourth-order valence-electron chi connectivity index (χ4n) is 3.36. The molecule has 11 heteroatoms. The molecule has 0 heterocycles. The Labute approximate surface area is 211 Å². The van der Waals surface area contributed by atoms with Crippen LogP contribution in [0.15, 0.2) is 77.7 Å². The number of amides is 1. The summed E-state index contributed by atoms with van der Waals surface area (Å²) in [5.41, 5.74) is 2.24. The van der Waals surface area contributed by atoms with E-state index in [9.17, 15) is 21.6 Å². The zero-order valence-corrected chi connectivity index (χ0v) is 21.6. The van der Waals surface area contributed by atoms with Crippen LogP contribution in [0.5, 0.6) is 0 Å². The summed E-state index contributed by atoms with van der Waals surface area (Å²) in [5.74, 6) is -0.321. The largest absolute Gasteiger partial charge is 0.326 e. The number of hydrogen-bond acceptors (Lipinski definition) is 5. The summed E-state index contributed by atoms with van der Waals surface area (Å²) in [7, 11) is -7.33. The van der Waals surface area contributed by atoms with E-state index in [-0.39, 0.29) is 30.2 Å². The third-order valence-electron chi connectivity index (χ3n) is 4.98. The van der Waals surface area contributed by atoms with Crippen LogP contribution in [0.1, 0.15) is 18.4 Å². The Morgan fingerprint density at radius 3 is 2.23 bits per heavy atom. The van der Waals surface area contributed by atoms with Crippen molar-refractivity contribution in [3.05, 3.63) is 83.4 Å². The minimum Gasteiger partial charge on any atom is -0.326 e. The summed E-state index contributed by atoms with van der Waals surface area (Å²) in [6.07, 6.45) is 1.44.